The fourth-order valence-corrected chi connectivity index (χ4v) is 4.35. The topological polar surface area (TPSA) is 34.1 Å². The quantitative estimate of drug-likeness (QED) is 0.625. The lowest BCUT2D eigenvalue weighted by atomic mass is 9.99. The highest BCUT2D eigenvalue weighted by Gasteiger charge is 2.30. The highest BCUT2D eigenvalue weighted by molar-refractivity contribution is 5.80. The summed E-state index contributed by atoms with van der Waals surface area (Å²) in [5.74, 6) is 1.89. The normalized spacial score (nSPS) is 31.9. The lowest BCUT2D eigenvalue weighted by molar-refractivity contribution is 0.209. The molecule has 126 valence electrons. The van der Waals surface area contributed by atoms with Crippen LogP contribution in [0.1, 0.15) is 32.1 Å². The molecule has 3 heterocycles. The molecule has 2 atom stereocenters. The number of aliphatic imine (C=N–C) groups is 1. The van der Waals surface area contributed by atoms with Gasteiger partial charge in [-0.15, -0.1) is 0 Å². The Balaban J connectivity index is 1.45. The molecular formula is C17H33N5. The van der Waals surface area contributed by atoms with Crippen LogP contribution in [0.3, 0.4) is 0 Å². The van der Waals surface area contributed by atoms with Crippen LogP contribution in [0, 0.1) is 5.92 Å². The Morgan fingerprint density at radius 1 is 1.05 bits per heavy atom. The van der Waals surface area contributed by atoms with Crippen molar-refractivity contribution in [2.75, 3.05) is 59.9 Å². The van der Waals surface area contributed by atoms with Crippen molar-refractivity contribution in [1.29, 1.82) is 0 Å². The molecule has 0 spiro atoms. The molecule has 2 unspecified atom stereocenters. The summed E-state index contributed by atoms with van der Waals surface area (Å²) in [6, 6.07) is 0.752. The minimum Gasteiger partial charge on any atom is -0.356 e. The monoisotopic (exact) mass is 307 g/mol. The highest BCUT2D eigenvalue weighted by Crippen LogP contribution is 2.20. The Morgan fingerprint density at radius 2 is 1.86 bits per heavy atom. The Labute approximate surface area is 135 Å². The second kappa shape index (κ2) is 7.64. The summed E-state index contributed by atoms with van der Waals surface area (Å²) < 4.78 is 0. The van der Waals surface area contributed by atoms with Crippen molar-refractivity contribution in [1.82, 2.24) is 20.0 Å². The summed E-state index contributed by atoms with van der Waals surface area (Å²) >= 11 is 0. The molecule has 5 heteroatoms. The number of likely N-dealkylation sites (tertiary alicyclic amines) is 3. The zero-order valence-electron chi connectivity index (χ0n) is 14.4. The van der Waals surface area contributed by atoms with Crippen LogP contribution in [-0.4, -0.2) is 86.6 Å². The lowest BCUT2D eigenvalue weighted by Crippen LogP contribution is -2.46. The van der Waals surface area contributed by atoms with Crippen LogP contribution in [0.4, 0.5) is 0 Å². The van der Waals surface area contributed by atoms with E-state index in [0.29, 0.717) is 0 Å². The zero-order chi connectivity index (χ0) is 15.4. The summed E-state index contributed by atoms with van der Waals surface area (Å²) in [5, 5.41) is 3.64. The predicted octanol–water partition coefficient (Wildman–Crippen LogP) is 1.07. The first kappa shape index (κ1) is 16.1. The molecule has 0 aromatic carbocycles. The third-order valence-corrected chi connectivity index (χ3v) is 5.60. The molecule has 1 N–H and O–H groups in total. The average molecular weight is 307 g/mol. The van der Waals surface area contributed by atoms with E-state index in [-0.39, 0.29) is 0 Å². The number of rotatable bonds is 3. The summed E-state index contributed by atoms with van der Waals surface area (Å²) in [5.41, 5.74) is 0. The maximum absolute atomic E-state index is 4.53. The Bertz CT molecular complexity index is 377. The first-order chi connectivity index (χ1) is 10.8. The summed E-state index contributed by atoms with van der Waals surface area (Å²) in [7, 11) is 4.17. The molecule has 3 fully saturated rings. The van der Waals surface area contributed by atoms with E-state index in [9.17, 15) is 0 Å². The van der Waals surface area contributed by atoms with Crippen LogP contribution in [-0.2, 0) is 0 Å². The summed E-state index contributed by atoms with van der Waals surface area (Å²) in [6.07, 6.45) is 6.76. The fraction of sp³-hybridized carbons (Fsp3) is 0.941. The molecule has 3 rings (SSSR count). The van der Waals surface area contributed by atoms with Crippen LogP contribution in [0.2, 0.25) is 0 Å². The average Bonchev–Trinajstić information content (AvgIpc) is 3.19. The first-order valence-electron chi connectivity index (χ1n) is 9.14. The molecule has 3 aliphatic heterocycles. The van der Waals surface area contributed by atoms with Crippen molar-refractivity contribution >= 4 is 5.96 Å². The Hall–Kier alpha value is -0.810. The van der Waals surface area contributed by atoms with Gasteiger partial charge >= 0.3 is 0 Å². The van der Waals surface area contributed by atoms with E-state index >= 15 is 0 Å². The van der Waals surface area contributed by atoms with E-state index in [2.05, 4.69) is 32.1 Å². The van der Waals surface area contributed by atoms with E-state index < -0.39 is 0 Å². The van der Waals surface area contributed by atoms with Gasteiger partial charge in [0.25, 0.3) is 0 Å². The van der Waals surface area contributed by atoms with Gasteiger partial charge in [-0.2, -0.15) is 0 Å². The minimum atomic E-state index is 0.752. The molecule has 0 aromatic rings. The van der Waals surface area contributed by atoms with E-state index in [4.69, 9.17) is 0 Å². The van der Waals surface area contributed by atoms with Crippen LogP contribution < -0.4 is 5.32 Å². The first-order valence-corrected chi connectivity index (χ1v) is 9.14. The maximum atomic E-state index is 4.53. The predicted molar refractivity (Wildman–Crippen MR) is 92.4 cm³/mol. The van der Waals surface area contributed by atoms with Gasteiger partial charge in [0.2, 0.25) is 0 Å². The van der Waals surface area contributed by atoms with E-state index in [1.54, 1.807) is 0 Å². The summed E-state index contributed by atoms with van der Waals surface area (Å²) in [6.45, 7) is 8.48. The molecule has 0 radical (unpaired) electrons. The van der Waals surface area contributed by atoms with E-state index in [0.717, 1.165) is 37.6 Å². The standard InChI is InChI=1S/C17H33N5/c1-18-17(19-12-15-6-5-8-20(2)13-15)22-11-7-16(14-22)21-9-3-4-10-21/h15-16H,3-14H2,1-2H3,(H,18,19). The van der Waals surface area contributed by atoms with Crippen LogP contribution in [0.15, 0.2) is 4.99 Å². The van der Waals surface area contributed by atoms with Gasteiger partial charge in [-0.3, -0.25) is 9.89 Å². The highest BCUT2D eigenvalue weighted by atomic mass is 15.3. The van der Waals surface area contributed by atoms with Crippen molar-refractivity contribution < 1.29 is 0 Å². The maximum Gasteiger partial charge on any atom is 0.193 e. The molecule has 0 saturated carbocycles. The number of hydrogen-bond acceptors (Lipinski definition) is 3. The van der Waals surface area contributed by atoms with Crippen LogP contribution >= 0.6 is 0 Å². The van der Waals surface area contributed by atoms with Crippen molar-refractivity contribution in [2.45, 2.75) is 38.1 Å². The van der Waals surface area contributed by atoms with Crippen molar-refractivity contribution in [3.05, 3.63) is 0 Å². The molecule has 0 aliphatic carbocycles. The van der Waals surface area contributed by atoms with Crippen molar-refractivity contribution in [3.8, 4) is 0 Å². The second-order valence-corrected chi connectivity index (χ2v) is 7.33. The number of nitrogens with zero attached hydrogens (tertiary/aromatic N) is 4. The smallest absolute Gasteiger partial charge is 0.193 e. The number of hydrogen-bond donors (Lipinski definition) is 1. The molecule has 0 amide bonds. The zero-order valence-corrected chi connectivity index (χ0v) is 14.4. The lowest BCUT2D eigenvalue weighted by Gasteiger charge is -2.31. The number of nitrogens with one attached hydrogen (secondary N) is 1. The number of guanidine groups is 1. The van der Waals surface area contributed by atoms with Gasteiger partial charge in [0.15, 0.2) is 5.96 Å². The Morgan fingerprint density at radius 3 is 2.59 bits per heavy atom. The molecular weight excluding hydrogens is 274 g/mol. The SMILES string of the molecule is CN=C(NCC1CCCN(C)C1)N1CCC(N2CCCC2)C1. The molecule has 3 aliphatic rings. The molecule has 5 nitrogen and oxygen atoms in total. The van der Waals surface area contributed by atoms with Gasteiger partial charge in [-0.05, 0) is 64.7 Å². The van der Waals surface area contributed by atoms with E-state index in [1.807, 2.05) is 7.05 Å². The molecule has 0 bridgehead atoms. The van der Waals surface area contributed by atoms with Gasteiger partial charge in [0.05, 0.1) is 0 Å². The van der Waals surface area contributed by atoms with Gasteiger partial charge in [0, 0.05) is 39.3 Å². The fourth-order valence-electron chi connectivity index (χ4n) is 4.35. The molecule has 0 aromatic heterocycles. The van der Waals surface area contributed by atoms with Crippen LogP contribution in [0.25, 0.3) is 0 Å². The van der Waals surface area contributed by atoms with Gasteiger partial charge in [-0.25, -0.2) is 0 Å². The molecule has 3 saturated heterocycles. The van der Waals surface area contributed by atoms with Gasteiger partial charge < -0.3 is 15.1 Å². The van der Waals surface area contributed by atoms with Gasteiger partial charge in [0.1, 0.15) is 0 Å². The van der Waals surface area contributed by atoms with Crippen molar-refractivity contribution in [3.63, 3.8) is 0 Å². The summed E-state index contributed by atoms with van der Waals surface area (Å²) in [4.78, 5) is 12.1. The third-order valence-electron chi connectivity index (χ3n) is 5.60. The third kappa shape index (κ3) is 3.93. The van der Waals surface area contributed by atoms with Gasteiger partial charge in [-0.1, -0.05) is 0 Å². The Kier molecular flexibility index (Phi) is 5.58. The van der Waals surface area contributed by atoms with Crippen molar-refractivity contribution in [2.24, 2.45) is 10.9 Å². The largest absolute Gasteiger partial charge is 0.356 e. The minimum absolute atomic E-state index is 0.752. The molecule has 22 heavy (non-hydrogen) atoms. The van der Waals surface area contributed by atoms with E-state index in [1.165, 1.54) is 58.3 Å². The second-order valence-electron chi connectivity index (χ2n) is 7.33. The number of piperidine rings is 1. The van der Waals surface area contributed by atoms with Crippen LogP contribution in [0.5, 0.6) is 0 Å².